The summed E-state index contributed by atoms with van der Waals surface area (Å²) in [5, 5.41) is 20.7. The van der Waals surface area contributed by atoms with Gasteiger partial charge in [-0.15, -0.1) is 35.9 Å². The average Bonchev–Trinajstić information content (AvgIpc) is 3.71. The van der Waals surface area contributed by atoms with Crippen molar-refractivity contribution in [2.45, 2.75) is 71.6 Å². The molecule has 3 N–H and O–H groups in total. The Kier molecular flexibility index (Phi) is 17.4. The highest BCUT2D eigenvalue weighted by Crippen LogP contribution is 2.41. The zero-order valence-corrected chi connectivity index (χ0v) is 34.5. The molecule has 2 aliphatic heterocycles. The Morgan fingerprint density at radius 1 is 0.768 bits per heavy atom. The minimum Gasteiger partial charge on any atom is -0.497 e. The van der Waals surface area contributed by atoms with E-state index in [4.69, 9.17) is 29.2 Å². The van der Waals surface area contributed by atoms with E-state index in [2.05, 4.69) is 5.32 Å². The van der Waals surface area contributed by atoms with Gasteiger partial charge in [-0.2, -0.15) is 0 Å². The van der Waals surface area contributed by atoms with Crippen LogP contribution in [0.25, 0.3) is 0 Å². The third kappa shape index (κ3) is 12.8. The van der Waals surface area contributed by atoms with Gasteiger partial charge in [0.1, 0.15) is 29.2 Å². The van der Waals surface area contributed by atoms with Gasteiger partial charge in [-0.1, -0.05) is 18.2 Å². The number of likely N-dealkylation sites (tertiary alicyclic amines) is 1. The van der Waals surface area contributed by atoms with Crippen molar-refractivity contribution in [1.82, 2.24) is 10.2 Å². The zero-order chi connectivity index (χ0) is 40.3. The van der Waals surface area contributed by atoms with Crippen LogP contribution in [0.5, 0.6) is 11.5 Å². The summed E-state index contributed by atoms with van der Waals surface area (Å²) in [6.45, 7) is 6.16. The molecule has 0 bridgehead atoms. The number of carbonyl (C=O) groups excluding carboxylic acids is 3. The maximum atomic E-state index is 13.4. The van der Waals surface area contributed by atoms with Crippen LogP contribution >= 0.6 is 35.9 Å². The second kappa shape index (κ2) is 21.2. The van der Waals surface area contributed by atoms with Crippen LogP contribution in [0.3, 0.4) is 0 Å². The average molecular weight is 833 g/mol. The SMILES string of the molecule is COC(=O)[C@@H]1[C@@H](CC(=O)OC(C)(C)C)[C@@H](Sc2ccc(OC)cc2)CN1C(=O)c1ccccc1.COc1ccc(S[C@H]2CN[C@H](C(=O)O)[C@H]2CC(=O)O)cc1.Cl. The highest BCUT2D eigenvalue weighted by atomic mass is 35.5. The summed E-state index contributed by atoms with van der Waals surface area (Å²) < 4.78 is 21.0. The molecule has 6 atom stereocenters. The molecular weight excluding hydrogens is 784 g/mol. The number of thioether (sulfide) groups is 2. The highest BCUT2D eigenvalue weighted by molar-refractivity contribution is 8.00. The van der Waals surface area contributed by atoms with E-state index in [9.17, 15) is 24.0 Å². The van der Waals surface area contributed by atoms with Gasteiger partial charge in [-0.05, 0) is 81.4 Å². The second-order valence-corrected chi connectivity index (χ2v) is 16.5. The van der Waals surface area contributed by atoms with Gasteiger partial charge in [0.15, 0.2) is 0 Å². The number of aliphatic carboxylic acids is 2. The Hall–Kier alpha value is -4.44. The van der Waals surface area contributed by atoms with E-state index in [1.807, 2.05) is 54.6 Å². The number of ether oxygens (including phenoxy) is 4. The Labute approximate surface area is 341 Å². The number of methoxy groups -OCH3 is 3. The minimum absolute atomic E-state index is 0. The van der Waals surface area contributed by atoms with E-state index in [0.29, 0.717) is 12.1 Å². The van der Waals surface area contributed by atoms with Crippen molar-refractivity contribution >= 4 is 65.7 Å². The van der Waals surface area contributed by atoms with Crippen LogP contribution in [-0.4, -0.2) is 108 Å². The topological polar surface area (TPSA) is 178 Å². The molecule has 0 spiro atoms. The van der Waals surface area contributed by atoms with Gasteiger partial charge in [0.2, 0.25) is 0 Å². The first kappa shape index (κ1) is 45.9. The fourth-order valence-corrected chi connectivity index (χ4v) is 9.02. The van der Waals surface area contributed by atoms with Crippen molar-refractivity contribution in [2.75, 3.05) is 34.4 Å². The Morgan fingerprint density at radius 2 is 1.30 bits per heavy atom. The molecule has 3 aromatic rings. The molecule has 56 heavy (non-hydrogen) atoms. The first-order valence-corrected chi connectivity index (χ1v) is 19.3. The summed E-state index contributed by atoms with van der Waals surface area (Å²) in [5.41, 5.74) is -0.184. The summed E-state index contributed by atoms with van der Waals surface area (Å²) in [6, 6.07) is 22.1. The van der Waals surface area contributed by atoms with Crippen LogP contribution in [0.2, 0.25) is 0 Å². The maximum Gasteiger partial charge on any atom is 0.328 e. The quantitative estimate of drug-likeness (QED) is 0.173. The van der Waals surface area contributed by atoms with Gasteiger partial charge in [0.05, 0.1) is 34.2 Å². The molecule has 5 rings (SSSR count). The van der Waals surface area contributed by atoms with Gasteiger partial charge in [-0.25, -0.2) is 4.79 Å². The van der Waals surface area contributed by atoms with Crippen molar-refractivity contribution in [3.8, 4) is 11.5 Å². The number of hydrogen-bond acceptors (Lipinski definition) is 12. The molecule has 2 heterocycles. The highest BCUT2D eigenvalue weighted by Gasteiger charge is 2.50. The first-order chi connectivity index (χ1) is 26.1. The van der Waals surface area contributed by atoms with Crippen LogP contribution in [0.4, 0.5) is 0 Å². The Balaban J connectivity index is 0.000000328. The molecule has 304 valence electrons. The summed E-state index contributed by atoms with van der Waals surface area (Å²) >= 11 is 3.02. The fourth-order valence-electron chi connectivity index (χ4n) is 6.47. The number of nitrogens with zero attached hydrogens (tertiary/aromatic N) is 1. The lowest BCUT2D eigenvalue weighted by atomic mass is 9.95. The standard InChI is InChI=1S/C26H31NO6S.C14H17NO5S.ClH/c1-26(2,3)33-22(28)15-20-21(34-19-13-11-18(31-4)12-14-19)16-27(23(20)25(30)32-5)24(29)17-9-7-6-8-10-17;1-20-8-2-4-9(5-3-8)21-11-7-15-13(14(18)19)10(11)6-12(16)17;/h6-14,20-21,23H,15-16H2,1-5H3;2-5,10-11,13,15H,6-7H2,1H3,(H,16,17)(H,18,19);1H/t20-,21-,23-;10-,11-,13-;/m00./s1. The molecule has 2 fully saturated rings. The lowest BCUT2D eigenvalue weighted by molar-refractivity contribution is -0.157. The Morgan fingerprint density at radius 3 is 1.77 bits per heavy atom. The molecule has 1 amide bonds. The molecule has 0 radical (unpaired) electrons. The van der Waals surface area contributed by atoms with Gasteiger partial charge < -0.3 is 39.4 Å². The summed E-state index contributed by atoms with van der Waals surface area (Å²) in [4.78, 5) is 64.7. The van der Waals surface area contributed by atoms with Crippen LogP contribution in [0.15, 0.2) is 88.7 Å². The third-order valence-corrected chi connectivity index (χ3v) is 11.7. The van der Waals surface area contributed by atoms with Crippen molar-refractivity contribution < 1.29 is 53.1 Å². The largest absolute Gasteiger partial charge is 0.497 e. The fraction of sp³-hybridized carbons (Fsp3) is 0.425. The predicted molar refractivity (Wildman–Crippen MR) is 215 cm³/mol. The number of nitrogens with one attached hydrogen (secondary N) is 1. The molecular formula is C40H49ClN2O11S2. The Bertz CT molecular complexity index is 1780. The normalized spacial score (nSPS) is 21.4. The number of carbonyl (C=O) groups is 5. The molecule has 13 nitrogen and oxygen atoms in total. The summed E-state index contributed by atoms with van der Waals surface area (Å²) in [5.74, 6) is -2.66. The maximum absolute atomic E-state index is 13.4. The molecule has 0 aromatic heterocycles. The first-order valence-electron chi connectivity index (χ1n) is 17.6. The van der Waals surface area contributed by atoms with Crippen LogP contribution in [0.1, 0.15) is 44.0 Å². The van der Waals surface area contributed by atoms with E-state index >= 15 is 0 Å². The number of benzene rings is 3. The molecule has 0 unspecified atom stereocenters. The number of carboxylic acid groups (broad SMARTS) is 2. The number of amides is 1. The van der Waals surface area contributed by atoms with E-state index in [1.165, 1.54) is 35.5 Å². The van der Waals surface area contributed by atoms with Crippen LogP contribution < -0.4 is 14.8 Å². The number of esters is 2. The van der Waals surface area contributed by atoms with Crippen molar-refractivity contribution in [2.24, 2.45) is 11.8 Å². The second-order valence-electron chi connectivity index (χ2n) is 13.9. The lowest BCUT2D eigenvalue weighted by Crippen LogP contribution is -2.44. The molecule has 2 aliphatic rings. The van der Waals surface area contributed by atoms with Gasteiger partial charge >= 0.3 is 23.9 Å². The number of halogens is 1. The van der Waals surface area contributed by atoms with Gasteiger partial charge in [0.25, 0.3) is 5.91 Å². The van der Waals surface area contributed by atoms with Gasteiger partial charge in [-0.3, -0.25) is 19.2 Å². The lowest BCUT2D eigenvalue weighted by Gasteiger charge is -2.27. The zero-order valence-electron chi connectivity index (χ0n) is 32.0. The molecule has 0 aliphatic carbocycles. The molecule has 0 saturated carbocycles. The van der Waals surface area contributed by atoms with E-state index in [-0.39, 0.29) is 48.2 Å². The van der Waals surface area contributed by atoms with Crippen molar-refractivity contribution in [1.29, 1.82) is 0 Å². The third-order valence-electron chi connectivity index (χ3n) is 8.96. The smallest absolute Gasteiger partial charge is 0.328 e. The monoisotopic (exact) mass is 832 g/mol. The predicted octanol–water partition coefficient (Wildman–Crippen LogP) is 5.93. The van der Waals surface area contributed by atoms with Crippen LogP contribution in [0, 0.1) is 11.8 Å². The minimum atomic E-state index is -1.00. The summed E-state index contributed by atoms with van der Waals surface area (Å²) in [6.07, 6.45) is -0.165. The number of rotatable bonds is 13. The molecule has 3 aromatic carbocycles. The van der Waals surface area contributed by atoms with Crippen LogP contribution in [-0.2, 0) is 28.7 Å². The van der Waals surface area contributed by atoms with Crippen molar-refractivity contribution in [3.05, 3.63) is 84.4 Å². The van der Waals surface area contributed by atoms with E-state index < -0.39 is 53.4 Å². The van der Waals surface area contributed by atoms with Crippen molar-refractivity contribution in [3.63, 3.8) is 0 Å². The number of hydrogen-bond donors (Lipinski definition) is 3. The van der Waals surface area contributed by atoms with E-state index in [1.54, 1.807) is 59.3 Å². The van der Waals surface area contributed by atoms with Gasteiger partial charge in [0, 0.05) is 50.8 Å². The molecule has 2 saturated heterocycles. The number of carboxylic acids is 2. The summed E-state index contributed by atoms with van der Waals surface area (Å²) in [7, 11) is 4.48. The van der Waals surface area contributed by atoms with E-state index in [0.717, 1.165) is 21.3 Å². The molecule has 16 heteroatoms.